The molecule has 0 fully saturated rings. The molecule has 0 spiro atoms. The van der Waals surface area contributed by atoms with Crippen molar-refractivity contribution in [1.82, 2.24) is 9.97 Å². The quantitative estimate of drug-likeness (QED) is 0.560. The molecule has 3 nitrogen and oxygen atoms in total. The average Bonchev–Trinajstić information content (AvgIpc) is 2.91. The van der Waals surface area contributed by atoms with E-state index in [4.69, 9.17) is 11.6 Å². The molecule has 0 bridgehead atoms. The van der Waals surface area contributed by atoms with E-state index >= 15 is 0 Å². The third-order valence-electron chi connectivity index (χ3n) is 3.75. The zero-order valence-electron chi connectivity index (χ0n) is 11.8. The Bertz CT molecular complexity index is 959. The van der Waals surface area contributed by atoms with Crippen LogP contribution in [0, 0.1) is 0 Å². The highest BCUT2D eigenvalue weighted by atomic mass is 35.5. The third-order valence-corrected chi connectivity index (χ3v) is 3.99. The average molecular weight is 308 g/mol. The van der Waals surface area contributed by atoms with Crippen molar-refractivity contribution in [3.05, 3.63) is 71.4 Å². The van der Waals surface area contributed by atoms with Crippen molar-refractivity contribution >= 4 is 39.2 Å². The Hall–Kier alpha value is -2.52. The molecule has 4 aromatic rings. The van der Waals surface area contributed by atoms with E-state index in [2.05, 4.69) is 39.6 Å². The maximum Gasteiger partial charge on any atom is 0.126 e. The van der Waals surface area contributed by atoms with Crippen LogP contribution in [0.15, 0.2) is 60.8 Å². The monoisotopic (exact) mass is 307 g/mol. The molecule has 0 radical (unpaired) electrons. The van der Waals surface area contributed by atoms with Gasteiger partial charge in [0.2, 0.25) is 0 Å². The van der Waals surface area contributed by atoms with Gasteiger partial charge in [0.1, 0.15) is 5.82 Å². The first-order valence-corrected chi connectivity index (χ1v) is 7.52. The van der Waals surface area contributed by atoms with Crippen LogP contribution in [0.4, 0.5) is 5.82 Å². The molecule has 0 amide bonds. The number of anilines is 1. The number of halogens is 1. The summed E-state index contributed by atoms with van der Waals surface area (Å²) in [5.41, 5.74) is 3.31. The maximum atomic E-state index is 6.01. The summed E-state index contributed by atoms with van der Waals surface area (Å²) in [6.07, 6.45) is 1.87. The lowest BCUT2D eigenvalue weighted by Crippen LogP contribution is -2.00. The van der Waals surface area contributed by atoms with Crippen molar-refractivity contribution in [3.63, 3.8) is 0 Å². The highest BCUT2D eigenvalue weighted by molar-refractivity contribution is 6.30. The van der Waals surface area contributed by atoms with Gasteiger partial charge in [0, 0.05) is 27.9 Å². The van der Waals surface area contributed by atoms with E-state index in [-0.39, 0.29) is 0 Å². The molecule has 0 aliphatic heterocycles. The fraction of sp³-hybridized carbons (Fsp3) is 0.0556. The fourth-order valence-corrected chi connectivity index (χ4v) is 2.90. The van der Waals surface area contributed by atoms with E-state index in [1.54, 1.807) is 0 Å². The number of aromatic nitrogens is 2. The summed E-state index contributed by atoms with van der Waals surface area (Å²) in [5, 5.41) is 6.49. The zero-order chi connectivity index (χ0) is 14.9. The summed E-state index contributed by atoms with van der Waals surface area (Å²) in [5.74, 6) is 0.859. The Morgan fingerprint density at radius 1 is 0.955 bits per heavy atom. The molecule has 22 heavy (non-hydrogen) atoms. The number of aromatic amines is 1. The first-order valence-electron chi connectivity index (χ1n) is 7.14. The van der Waals surface area contributed by atoms with Crippen LogP contribution in [0.2, 0.25) is 5.02 Å². The van der Waals surface area contributed by atoms with Gasteiger partial charge in [-0.1, -0.05) is 41.9 Å². The van der Waals surface area contributed by atoms with Crippen molar-refractivity contribution in [2.45, 2.75) is 6.54 Å². The van der Waals surface area contributed by atoms with Crippen LogP contribution in [-0.2, 0) is 6.54 Å². The Morgan fingerprint density at radius 3 is 2.77 bits per heavy atom. The molecule has 0 aliphatic carbocycles. The first-order chi connectivity index (χ1) is 10.8. The Balaban J connectivity index is 1.66. The van der Waals surface area contributed by atoms with Crippen LogP contribution in [-0.4, -0.2) is 9.97 Å². The van der Waals surface area contributed by atoms with Crippen LogP contribution < -0.4 is 5.32 Å². The number of benzene rings is 2. The molecule has 2 heterocycles. The van der Waals surface area contributed by atoms with E-state index in [0.717, 1.165) is 27.4 Å². The third kappa shape index (κ3) is 2.40. The smallest absolute Gasteiger partial charge is 0.126 e. The van der Waals surface area contributed by atoms with E-state index in [0.29, 0.717) is 6.54 Å². The largest absolute Gasteiger partial charge is 0.366 e. The van der Waals surface area contributed by atoms with Crippen LogP contribution in [0.5, 0.6) is 0 Å². The molecular formula is C18H14ClN3. The maximum absolute atomic E-state index is 6.01. The lowest BCUT2D eigenvalue weighted by molar-refractivity contribution is 1.12. The Kier molecular flexibility index (Phi) is 3.20. The van der Waals surface area contributed by atoms with Crippen molar-refractivity contribution in [3.8, 4) is 0 Å². The van der Waals surface area contributed by atoms with Crippen LogP contribution in [0.25, 0.3) is 21.8 Å². The Morgan fingerprint density at radius 2 is 1.86 bits per heavy atom. The van der Waals surface area contributed by atoms with Crippen molar-refractivity contribution in [2.75, 3.05) is 5.32 Å². The van der Waals surface area contributed by atoms with Gasteiger partial charge < -0.3 is 10.3 Å². The summed E-state index contributed by atoms with van der Waals surface area (Å²) in [7, 11) is 0. The fourth-order valence-electron chi connectivity index (χ4n) is 2.69. The van der Waals surface area contributed by atoms with Gasteiger partial charge in [-0.15, -0.1) is 0 Å². The topological polar surface area (TPSA) is 40.7 Å². The molecule has 0 saturated heterocycles. The van der Waals surface area contributed by atoms with Crippen LogP contribution in [0.3, 0.4) is 0 Å². The highest BCUT2D eigenvalue weighted by Gasteiger charge is 2.05. The molecule has 0 unspecified atom stereocenters. The second-order valence-corrected chi connectivity index (χ2v) is 5.71. The molecule has 4 rings (SSSR count). The lowest BCUT2D eigenvalue weighted by atomic mass is 10.2. The molecule has 2 aromatic heterocycles. The van der Waals surface area contributed by atoms with E-state index < -0.39 is 0 Å². The second-order valence-electron chi connectivity index (χ2n) is 5.27. The van der Waals surface area contributed by atoms with Gasteiger partial charge in [0.05, 0.1) is 11.7 Å². The highest BCUT2D eigenvalue weighted by Crippen LogP contribution is 2.26. The second kappa shape index (κ2) is 5.35. The van der Waals surface area contributed by atoms with Gasteiger partial charge in [-0.3, -0.25) is 0 Å². The number of rotatable bonds is 3. The molecule has 2 N–H and O–H groups in total. The number of pyridine rings is 1. The summed E-state index contributed by atoms with van der Waals surface area (Å²) < 4.78 is 0. The van der Waals surface area contributed by atoms with Crippen molar-refractivity contribution < 1.29 is 0 Å². The first kappa shape index (κ1) is 13.2. The van der Waals surface area contributed by atoms with Gasteiger partial charge in [-0.2, -0.15) is 0 Å². The van der Waals surface area contributed by atoms with Gasteiger partial charge in [-0.05, 0) is 29.8 Å². The predicted octanol–water partition coefficient (Wildman–Crippen LogP) is 4.98. The van der Waals surface area contributed by atoms with E-state index in [9.17, 15) is 0 Å². The van der Waals surface area contributed by atoms with E-state index in [1.807, 2.05) is 36.5 Å². The molecule has 0 aliphatic rings. The summed E-state index contributed by atoms with van der Waals surface area (Å²) in [6, 6.07) is 18.2. The zero-order valence-corrected chi connectivity index (χ0v) is 12.6. The summed E-state index contributed by atoms with van der Waals surface area (Å²) >= 11 is 6.01. The minimum Gasteiger partial charge on any atom is -0.366 e. The molecule has 0 atom stereocenters. The number of nitrogens with one attached hydrogen (secondary N) is 2. The molecular weight excluding hydrogens is 294 g/mol. The number of nitrogens with zero attached hydrogens (tertiary/aromatic N) is 1. The number of para-hydroxylation sites is 1. The van der Waals surface area contributed by atoms with E-state index in [1.165, 1.54) is 10.8 Å². The molecule has 0 saturated carbocycles. The van der Waals surface area contributed by atoms with Gasteiger partial charge in [-0.25, -0.2) is 4.98 Å². The van der Waals surface area contributed by atoms with Crippen LogP contribution in [0.1, 0.15) is 5.56 Å². The number of hydrogen-bond donors (Lipinski definition) is 2. The predicted molar refractivity (Wildman–Crippen MR) is 92.4 cm³/mol. The Labute approximate surface area is 132 Å². The number of fused-ring (bicyclic) bond motifs is 3. The minimum absolute atomic E-state index is 0.696. The van der Waals surface area contributed by atoms with Crippen molar-refractivity contribution in [1.29, 1.82) is 0 Å². The van der Waals surface area contributed by atoms with Crippen molar-refractivity contribution in [2.24, 2.45) is 0 Å². The van der Waals surface area contributed by atoms with Gasteiger partial charge >= 0.3 is 0 Å². The lowest BCUT2D eigenvalue weighted by Gasteiger charge is -2.06. The van der Waals surface area contributed by atoms with Crippen LogP contribution >= 0.6 is 11.6 Å². The number of hydrogen-bond acceptors (Lipinski definition) is 2. The standard InChI is InChI=1S/C18H14ClN3/c19-13-5-3-4-12(8-13)10-20-18-9-15-14-6-1-2-7-16(14)22-17(15)11-21-18/h1-9,11,22H,10H2,(H,20,21). The SMILES string of the molecule is Clc1cccc(CNc2cc3c(cn2)[nH]c2ccccc23)c1. The number of H-pyrrole nitrogens is 1. The van der Waals surface area contributed by atoms with Gasteiger partial charge in [0.25, 0.3) is 0 Å². The minimum atomic E-state index is 0.696. The van der Waals surface area contributed by atoms with Gasteiger partial charge in [0.15, 0.2) is 0 Å². The summed E-state index contributed by atoms with van der Waals surface area (Å²) in [4.78, 5) is 7.84. The normalized spacial score (nSPS) is 11.1. The molecule has 2 aromatic carbocycles. The molecule has 4 heteroatoms. The molecule has 108 valence electrons. The summed E-state index contributed by atoms with van der Waals surface area (Å²) in [6.45, 7) is 0.696.